The maximum Gasteiger partial charge on any atom is 0.138 e. The van der Waals surface area contributed by atoms with Gasteiger partial charge < -0.3 is 15.5 Å². The standard InChI is InChI=1S/C20H16N4O/c21-19(22)14-8-11-17-18(12-14)24-20(23-17)13-6-9-16(10-7-13)25-15-4-2-1-3-5-15/h1-12H,(H3,21,22)(H,23,24). The number of fused-ring (bicyclic) bond motifs is 1. The predicted molar refractivity (Wildman–Crippen MR) is 99.1 cm³/mol. The summed E-state index contributed by atoms with van der Waals surface area (Å²) in [5.74, 6) is 2.38. The molecule has 0 aliphatic heterocycles. The number of amidine groups is 1. The minimum absolute atomic E-state index is 0.0421. The van der Waals surface area contributed by atoms with E-state index < -0.39 is 0 Å². The van der Waals surface area contributed by atoms with Gasteiger partial charge in [-0.1, -0.05) is 18.2 Å². The number of nitrogens with one attached hydrogen (secondary N) is 2. The topological polar surface area (TPSA) is 87.8 Å². The van der Waals surface area contributed by atoms with Crippen molar-refractivity contribution >= 4 is 16.9 Å². The highest BCUT2D eigenvalue weighted by Gasteiger charge is 2.07. The van der Waals surface area contributed by atoms with E-state index in [9.17, 15) is 0 Å². The molecule has 0 saturated carbocycles. The summed E-state index contributed by atoms with van der Waals surface area (Å²) < 4.78 is 5.80. The Morgan fingerprint density at radius 3 is 2.36 bits per heavy atom. The summed E-state index contributed by atoms with van der Waals surface area (Å²) in [5, 5.41) is 7.53. The van der Waals surface area contributed by atoms with E-state index in [1.165, 1.54) is 0 Å². The lowest BCUT2D eigenvalue weighted by molar-refractivity contribution is 0.483. The van der Waals surface area contributed by atoms with Crippen molar-refractivity contribution in [2.75, 3.05) is 0 Å². The number of imidazole rings is 1. The number of para-hydroxylation sites is 1. The lowest BCUT2D eigenvalue weighted by atomic mass is 10.2. The van der Waals surface area contributed by atoms with E-state index in [-0.39, 0.29) is 5.84 Å². The van der Waals surface area contributed by atoms with E-state index in [0.717, 1.165) is 33.9 Å². The summed E-state index contributed by atoms with van der Waals surface area (Å²) in [4.78, 5) is 7.86. The Bertz CT molecular complexity index is 1040. The zero-order valence-corrected chi connectivity index (χ0v) is 13.4. The molecule has 0 amide bonds. The maximum atomic E-state index is 7.53. The van der Waals surface area contributed by atoms with Crippen LogP contribution >= 0.6 is 0 Å². The van der Waals surface area contributed by atoms with Gasteiger partial charge in [-0.05, 0) is 54.6 Å². The van der Waals surface area contributed by atoms with Gasteiger partial charge in [-0.2, -0.15) is 0 Å². The Kier molecular flexibility index (Phi) is 3.67. The number of nitrogens with two attached hydrogens (primary N) is 1. The van der Waals surface area contributed by atoms with Gasteiger partial charge in [-0.25, -0.2) is 4.98 Å². The molecule has 0 unspecified atom stereocenters. The first-order valence-electron chi connectivity index (χ1n) is 7.86. The van der Waals surface area contributed by atoms with E-state index >= 15 is 0 Å². The molecule has 0 saturated heterocycles. The second kappa shape index (κ2) is 6.13. The van der Waals surface area contributed by atoms with Gasteiger partial charge in [0.15, 0.2) is 0 Å². The first-order valence-corrected chi connectivity index (χ1v) is 7.86. The van der Waals surface area contributed by atoms with Crippen LogP contribution in [0.1, 0.15) is 5.56 Å². The fourth-order valence-electron chi connectivity index (χ4n) is 2.62. The molecule has 0 atom stereocenters. The van der Waals surface area contributed by atoms with Crippen LogP contribution < -0.4 is 10.5 Å². The number of nitrogen functional groups attached to an aromatic ring is 1. The van der Waals surface area contributed by atoms with E-state index in [1.807, 2.05) is 66.7 Å². The zero-order chi connectivity index (χ0) is 17.2. The third kappa shape index (κ3) is 3.07. The van der Waals surface area contributed by atoms with Crippen LogP contribution in [0.2, 0.25) is 0 Å². The fraction of sp³-hybridized carbons (Fsp3) is 0. The fourth-order valence-corrected chi connectivity index (χ4v) is 2.62. The van der Waals surface area contributed by atoms with Crippen molar-refractivity contribution < 1.29 is 4.74 Å². The molecule has 0 aliphatic carbocycles. The van der Waals surface area contributed by atoms with Crippen molar-refractivity contribution in [1.29, 1.82) is 5.41 Å². The average Bonchev–Trinajstić information content (AvgIpc) is 3.06. The number of hydrogen-bond donors (Lipinski definition) is 3. The molecular formula is C20H16N4O. The van der Waals surface area contributed by atoms with Crippen LogP contribution in [0.15, 0.2) is 72.8 Å². The Balaban J connectivity index is 1.61. The summed E-state index contributed by atoms with van der Waals surface area (Å²) in [5.41, 5.74) is 8.86. The van der Waals surface area contributed by atoms with Crippen molar-refractivity contribution in [2.45, 2.75) is 0 Å². The number of aromatic amines is 1. The van der Waals surface area contributed by atoms with Crippen molar-refractivity contribution in [3.8, 4) is 22.9 Å². The van der Waals surface area contributed by atoms with Gasteiger partial charge in [0.2, 0.25) is 0 Å². The molecular weight excluding hydrogens is 312 g/mol. The molecule has 1 heterocycles. The summed E-state index contributed by atoms with van der Waals surface area (Å²) in [7, 11) is 0. The molecule has 4 N–H and O–H groups in total. The highest BCUT2D eigenvalue weighted by molar-refractivity contribution is 5.98. The van der Waals surface area contributed by atoms with E-state index in [0.29, 0.717) is 5.56 Å². The lowest BCUT2D eigenvalue weighted by Gasteiger charge is -2.05. The van der Waals surface area contributed by atoms with E-state index in [1.54, 1.807) is 6.07 Å². The molecule has 3 aromatic carbocycles. The average molecular weight is 328 g/mol. The molecule has 4 rings (SSSR count). The molecule has 5 nitrogen and oxygen atoms in total. The summed E-state index contributed by atoms with van der Waals surface area (Å²) in [6.07, 6.45) is 0. The van der Waals surface area contributed by atoms with Crippen molar-refractivity contribution in [2.24, 2.45) is 5.73 Å². The molecule has 122 valence electrons. The normalized spacial score (nSPS) is 10.7. The molecule has 0 fully saturated rings. The molecule has 1 aromatic heterocycles. The number of nitrogens with zero attached hydrogens (tertiary/aromatic N) is 1. The molecule has 4 aromatic rings. The smallest absolute Gasteiger partial charge is 0.138 e. The Hall–Kier alpha value is -3.60. The minimum Gasteiger partial charge on any atom is -0.457 e. The Morgan fingerprint density at radius 1 is 0.920 bits per heavy atom. The number of rotatable bonds is 4. The van der Waals surface area contributed by atoms with Crippen molar-refractivity contribution in [1.82, 2.24) is 9.97 Å². The van der Waals surface area contributed by atoms with Crippen LogP contribution in [0.5, 0.6) is 11.5 Å². The van der Waals surface area contributed by atoms with Crippen LogP contribution in [-0.2, 0) is 0 Å². The van der Waals surface area contributed by atoms with Crippen LogP contribution in [0.4, 0.5) is 0 Å². The van der Waals surface area contributed by atoms with Gasteiger partial charge in [-0.15, -0.1) is 0 Å². The number of hydrogen-bond acceptors (Lipinski definition) is 3. The molecule has 0 aliphatic rings. The van der Waals surface area contributed by atoms with E-state index in [4.69, 9.17) is 15.9 Å². The zero-order valence-electron chi connectivity index (χ0n) is 13.4. The third-order valence-electron chi connectivity index (χ3n) is 3.90. The van der Waals surface area contributed by atoms with Crippen LogP contribution in [0.3, 0.4) is 0 Å². The van der Waals surface area contributed by atoms with Gasteiger partial charge in [0.05, 0.1) is 11.0 Å². The van der Waals surface area contributed by atoms with Gasteiger partial charge in [-0.3, -0.25) is 5.41 Å². The van der Waals surface area contributed by atoms with Crippen LogP contribution in [-0.4, -0.2) is 15.8 Å². The Morgan fingerprint density at radius 2 is 1.64 bits per heavy atom. The molecule has 5 heteroatoms. The predicted octanol–water partition coefficient (Wildman–Crippen LogP) is 4.31. The Labute approximate surface area is 144 Å². The lowest BCUT2D eigenvalue weighted by Crippen LogP contribution is -2.10. The van der Waals surface area contributed by atoms with Crippen molar-refractivity contribution in [3.63, 3.8) is 0 Å². The minimum atomic E-state index is 0.0421. The molecule has 0 bridgehead atoms. The van der Waals surface area contributed by atoms with Gasteiger partial charge >= 0.3 is 0 Å². The number of benzene rings is 3. The SMILES string of the molecule is N=C(N)c1ccc2nc(-c3ccc(Oc4ccccc4)cc3)[nH]c2c1. The van der Waals surface area contributed by atoms with Crippen molar-refractivity contribution in [3.05, 3.63) is 78.4 Å². The number of H-pyrrole nitrogens is 1. The number of aromatic nitrogens is 2. The number of ether oxygens (including phenoxy) is 1. The second-order valence-electron chi connectivity index (χ2n) is 5.67. The second-order valence-corrected chi connectivity index (χ2v) is 5.67. The van der Waals surface area contributed by atoms with Crippen LogP contribution in [0, 0.1) is 5.41 Å². The first kappa shape index (κ1) is 15.0. The molecule has 0 spiro atoms. The molecule has 25 heavy (non-hydrogen) atoms. The van der Waals surface area contributed by atoms with Crippen LogP contribution in [0.25, 0.3) is 22.4 Å². The highest BCUT2D eigenvalue weighted by atomic mass is 16.5. The van der Waals surface area contributed by atoms with Gasteiger partial charge in [0.1, 0.15) is 23.2 Å². The van der Waals surface area contributed by atoms with E-state index in [2.05, 4.69) is 9.97 Å². The van der Waals surface area contributed by atoms with Gasteiger partial charge in [0.25, 0.3) is 0 Å². The molecule has 0 radical (unpaired) electrons. The van der Waals surface area contributed by atoms with Gasteiger partial charge in [0, 0.05) is 11.1 Å². The maximum absolute atomic E-state index is 7.53. The third-order valence-corrected chi connectivity index (χ3v) is 3.90. The summed E-state index contributed by atoms with van der Waals surface area (Å²) in [6, 6.07) is 22.9. The first-order chi connectivity index (χ1) is 12.2. The quantitative estimate of drug-likeness (QED) is 0.385. The highest BCUT2D eigenvalue weighted by Crippen LogP contribution is 2.26. The monoisotopic (exact) mass is 328 g/mol. The summed E-state index contributed by atoms with van der Waals surface area (Å²) in [6.45, 7) is 0. The summed E-state index contributed by atoms with van der Waals surface area (Å²) >= 11 is 0. The largest absolute Gasteiger partial charge is 0.457 e.